The predicted molar refractivity (Wildman–Crippen MR) is 71.8 cm³/mol. The van der Waals surface area contributed by atoms with E-state index in [-0.39, 0.29) is 0 Å². The van der Waals surface area contributed by atoms with E-state index in [1.165, 1.54) is 30.5 Å². The second kappa shape index (κ2) is 4.69. The van der Waals surface area contributed by atoms with Crippen LogP contribution in [0.15, 0.2) is 12.5 Å². The van der Waals surface area contributed by atoms with E-state index in [4.69, 9.17) is 4.98 Å². The van der Waals surface area contributed by atoms with Crippen LogP contribution in [-0.2, 0) is 6.42 Å². The molecule has 18 heavy (non-hydrogen) atoms. The molecule has 1 fully saturated rings. The number of nitrogens with zero attached hydrogens (tertiary/aromatic N) is 3. The second-order valence-electron chi connectivity index (χ2n) is 5.27. The molecule has 1 N–H and O–H groups in total. The van der Waals surface area contributed by atoms with Crippen molar-refractivity contribution >= 4 is 5.65 Å². The van der Waals surface area contributed by atoms with Crippen molar-refractivity contribution < 1.29 is 0 Å². The maximum Gasteiger partial charge on any atom is 0.142 e. The molecule has 1 saturated heterocycles. The Morgan fingerprint density at radius 3 is 3.06 bits per heavy atom. The minimum Gasteiger partial charge on any atom is -0.314 e. The summed E-state index contributed by atoms with van der Waals surface area (Å²) in [5.74, 6) is 0. The van der Waals surface area contributed by atoms with Crippen molar-refractivity contribution in [2.24, 2.45) is 0 Å². The molecule has 0 radical (unpaired) electrons. The normalized spacial score (nSPS) is 20.4. The molecule has 3 rings (SSSR count). The van der Waals surface area contributed by atoms with Crippen LogP contribution in [0.3, 0.4) is 0 Å². The Kier molecular flexibility index (Phi) is 3.04. The quantitative estimate of drug-likeness (QED) is 0.879. The van der Waals surface area contributed by atoms with Gasteiger partial charge in [0.15, 0.2) is 0 Å². The van der Waals surface area contributed by atoms with Gasteiger partial charge in [-0.05, 0) is 33.2 Å². The fourth-order valence-corrected chi connectivity index (χ4v) is 2.67. The van der Waals surface area contributed by atoms with Crippen molar-refractivity contribution in [1.29, 1.82) is 0 Å². The van der Waals surface area contributed by atoms with Gasteiger partial charge in [0, 0.05) is 29.9 Å². The minimum absolute atomic E-state index is 0.595. The lowest BCUT2D eigenvalue weighted by molar-refractivity contribution is 0.397. The first-order valence-electron chi connectivity index (χ1n) is 6.77. The number of aromatic nitrogens is 3. The number of aryl methyl sites for hydroxylation is 2. The Morgan fingerprint density at radius 2 is 2.28 bits per heavy atom. The molecule has 3 heterocycles. The monoisotopic (exact) mass is 244 g/mol. The molecule has 2 aromatic heterocycles. The molecule has 0 amide bonds. The number of hydrogen-bond donors (Lipinski definition) is 1. The average molecular weight is 244 g/mol. The molecule has 1 aliphatic heterocycles. The van der Waals surface area contributed by atoms with Gasteiger partial charge in [-0.3, -0.25) is 4.40 Å². The van der Waals surface area contributed by atoms with Gasteiger partial charge in [-0.15, -0.1) is 0 Å². The first-order chi connectivity index (χ1) is 8.74. The highest BCUT2D eigenvalue weighted by Gasteiger charge is 2.15. The fraction of sp³-hybridized carbons (Fsp3) is 0.571. The summed E-state index contributed by atoms with van der Waals surface area (Å²) in [5, 5.41) is 3.57. The van der Waals surface area contributed by atoms with E-state index in [0.29, 0.717) is 6.04 Å². The van der Waals surface area contributed by atoms with Gasteiger partial charge < -0.3 is 5.32 Å². The molecule has 0 saturated carbocycles. The number of nitrogens with one attached hydrogen (secondary N) is 1. The SMILES string of the molecule is Cc1ncn2cc(C[C@@H]3CCCCN3)nc2c1C. The highest BCUT2D eigenvalue weighted by Crippen LogP contribution is 2.16. The van der Waals surface area contributed by atoms with Gasteiger partial charge in [0.1, 0.15) is 12.0 Å². The molecule has 1 atom stereocenters. The van der Waals surface area contributed by atoms with E-state index in [1.54, 1.807) is 0 Å². The van der Waals surface area contributed by atoms with Crippen LogP contribution in [0.5, 0.6) is 0 Å². The molecule has 0 bridgehead atoms. The third kappa shape index (κ3) is 2.12. The van der Waals surface area contributed by atoms with Crippen LogP contribution in [0.2, 0.25) is 0 Å². The summed E-state index contributed by atoms with van der Waals surface area (Å²) in [7, 11) is 0. The Labute approximate surface area is 107 Å². The van der Waals surface area contributed by atoms with E-state index < -0.39 is 0 Å². The maximum absolute atomic E-state index is 4.75. The van der Waals surface area contributed by atoms with E-state index in [2.05, 4.69) is 23.4 Å². The highest BCUT2D eigenvalue weighted by atomic mass is 15.0. The van der Waals surface area contributed by atoms with Crippen molar-refractivity contribution in [1.82, 2.24) is 19.7 Å². The molecular weight excluding hydrogens is 224 g/mol. The highest BCUT2D eigenvalue weighted by molar-refractivity contribution is 5.49. The zero-order valence-corrected chi connectivity index (χ0v) is 11.1. The fourth-order valence-electron chi connectivity index (χ4n) is 2.67. The lowest BCUT2D eigenvalue weighted by atomic mass is 10.0. The van der Waals surface area contributed by atoms with Gasteiger partial charge in [0.05, 0.1) is 5.69 Å². The maximum atomic E-state index is 4.75. The van der Waals surface area contributed by atoms with E-state index >= 15 is 0 Å². The van der Waals surface area contributed by atoms with Gasteiger partial charge in [-0.2, -0.15) is 0 Å². The lowest BCUT2D eigenvalue weighted by Crippen LogP contribution is -2.35. The summed E-state index contributed by atoms with van der Waals surface area (Å²) in [4.78, 5) is 9.12. The van der Waals surface area contributed by atoms with Gasteiger partial charge >= 0.3 is 0 Å². The number of piperidine rings is 1. The summed E-state index contributed by atoms with van der Waals surface area (Å²) in [6, 6.07) is 0.595. The third-order valence-corrected chi connectivity index (χ3v) is 3.90. The summed E-state index contributed by atoms with van der Waals surface area (Å²) in [6.07, 6.45) is 8.92. The summed E-state index contributed by atoms with van der Waals surface area (Å²) >= 11 is 0. The number of fused-ring (bicyclic) bond motifs is 1. The van der Waals surface area contributed by atoms with Crippen LogP contribution in [0.25, 0.3) is 5.65 Å². The zero-order valence-electron chi connectivity index (χ0n) is 11.1. The molecule has 4 nitrogen and oxygen atoms in total. The first-order valence-corrected chi connectivity index (χ1v) is 6.77. The number of imidazole rings is 1. The molecule has 4 heteroatoms. The van der Waals surface area contributed by atoms with Crippen molar-refractivity contribution in [2.75, 3.05) is 6.54 Å². The Bertz CT molecular complexity index is 552. The summed E-state index contributed by atoms with van der Waals surface area (Å²) in [6.45, 7) is 5.28. The molecule has 2 aromatic rings. The van der Waals surface area contributed by atoms with Crippen LogP contribution in [0, 0.1) is 13.8 Å². The average Bonchev–Trinajstić information content (AvgIpc) is 2.79. The van der Waals surface area contributed by atoms with Gasteiger partial charge in [-0.1, -0.05) is 6.42 Å². The van der Waals surface area contributed by atoms with Crippen molar-refractivity contribution in [3.05, 3.63) is 29.5 Å². The van der Waals surface area contributed by atoms with Crippen LogP contribution in [0.4, 0.5) is 0 Å². The minimum atomic E-state index is 0.595. The van der Waals surface area contributed by atoms with E-state index in [1.807, 2.05) is 17.7 Å². The standard InChI is InChI=1S/C14H20N4/c1-10-11(2)16-9-18-8-13(17-14(10)18)7-12-5-3-4-6-15-12/h8-9,12,15H,3-7H2,1-2H3/t12-/m0/s1. The topological polar surface area (TPSA) is 42.2 Å². The van der Waals surface area contributed by atoms with Crippen LogP contribution < -0.4 is 5.32 Å². The van der Waals surface area contributed by atoms with Crippen LogP contribution in [-0.4, -0.2) is 27.0 Å². The summed E-state index contributed by atoms with van der Waals surface area (Å²) < 4.78 is 2.04. The molecule has 0 unspecified atom stereocenters. The first kappa shape index (κ1) is 11.7. The molecule has 0 aliphatic carbocycles. The van der Waals surface area contributed by atoms with E-state index in [0.717, 1.165) is 24.3 Å². The largest absolute Gasteiger partial charge is 0.314 e. The van der Waals surface area contributed by atoms with Crippen molar-refractivity contribution in [3.8, 4) is 0 Å². The van der Waals surface area contributed by atoms with Crippen LogP contribution >= 0.6 is 0 Å². The predicted octanol–water partition coefficient (Wildman–Crippen LogP) is 2.03. The van der Waals surface area contributed by atoms with Gasteiger partial charge in [0.25, 0.3) is 0 Å². The molecule has 1 aliphatic rings. The molecule has 0 spiro atoms. The van der Waals surface area contributed by atoms with Crippen molar-refractivity contribution in [2.45, 2.75) is 45.6 Å². The van der Waals surface area contributed by atoms with E-state index in [9.17, 15) is 0 Å². The molecule has 96 valence electrons. The zero-order chi connectivity index (χ0) is 12.5. The second-order valence-corrected chi connectivity index (χ2v) is 5.27. The van der Waals surface area contributed by atoms with Gasteiger partial charge in [0.2, 0.25) is 0 Å². The smallest absolute Gasteiger partial charge is 0.142 e. The molecular formula is C14H20N4. The van der Waals surface area contributed by atoms with Gasteiger partial charge in [-0.25, -0.2) is 9.97 Å². The Morgan fingerprint density at radius 1 is 1.39 bits per heavy atom. The Balaban J connectivity index is 1.86. The third-order valence-electron chi connectivity index (χ3n) is 3.90. The summed E-state index contributed by atoms with van der Waals surface area (Å²) in [5.41, 5.74) is 4.47. The number of rotatable bonds is 2. The lowest BCUT2D eigenvalue weighted by Gasteiger charge is -2.22. The Hall–Kier alpha value is -1.42. The number of hydrogen-bond acceptors (Lipinski definition) is 3. The van der Waals surface area contributed by atoms with Crippen LogP contribution in [0.1, 0.15) is 36.2 Å². The molecule has 0 aromatic carbocycles. The van der Waals surface area contributed by atoms with Crippen molar-refractivity contribution in [3.63, 3.8) is 0 Å².